The van der Waals surface area contributed by atoms with Gasteiger partial charge >= 0.3 is 0 Å². The van der Waals surface area contributed by atoms with Crippen LogP contribution in [0.3, 0.4) is 0 Å². The Morgan fingerprint density at radius 3 is 2.36 bits per heavy atom. The predicted molar refractivity (Wildman–Crippen MR) is 63.0 cm³/mol. The van der Waals surface area contributed by atoms with Gasteiger partial charge in [0, 0.05) is 12.5 Å². The van der Waals surface area contributed by atoms with Crippen molar-refractivity contribution in [3.05, 3.63) is 12.2 Å². The van der Waals surface area contributed by atoms with Crippen molar-refractivity contribution < 1.29 is 4.74 Å². The first-order valence-electron chi connectivity index (χ1n) is 5.22. The molecule has 0 unspecified atom stereocenters. The zero-order valence-electron chi connectivity index (χ0n) is 9.92. The summed E-state index contributed by atoms with van der Waals surface area (Å²) in [6.45, 7) is 16.5. The maximum absolute atomic E-state index is 5.83. The van der Waals surface area contributed by atoms with Crippen molar-refractivity contribution in [2.75, 3.05) is 6.54 Å². The van der Waals surface area contributed by atoms with Crippen molar-refractivity contribution in [3.8, 4) is 0 Å². The third kappa shape index (κ3) is 5.18. The molecule has 0 aliphatic carbocycles. The highest BCUT2D eigenvalue weighted by atomic mass is 16.5. The average molecular weight is 197 g/mol. The average Bonchev–Trinajstić information content (AvgIpc) is 2.13. The lowest BCUT2D eigenvalue weighted by molar-refractivity contribution is -0.0143. The van der Waals surface area contributed by atoms with Crippen LogP contribution in [0.4, 0.5) is 0 Å². The van der Waals surface area contributed by atoms with Gasteiger partial charge in [0.15, 0.2) is 0 Å². The number of rotatable bonds is 7. The monoisotopic (exact) mass is 197 g/mol. The van der Waals surface area contributed by atoms with E-state index in [2.05, 4.69) is 39.1 Å². The molecule has 0 heterocycles. The van der Waals surface area contributed by atoms with E-state index in [0.717, 1.165) is 13.0 Å². The minimum Gasteiger partial charge on any atom is -0.375 e. The molecule has 0 aliphatic rings. The Hall–Kier alpha value is -0.630. The Morgan fingerprint density at radius 1 is 1.36 bits per heavy atom. The summed E-state index contributed by atoms with van der Waals surface area (Å²) in [4.78, 5) is 3.82. The fourth-order valence-electron chi connectivity index (χ4n) is 1.23. The molecule has 0 aromatic heterocycles. The van der Waals surface area contributed by atoms with Gasteiger partial charge in [-0.05, 0) is 33.9 Å². The molecule has 0 spiro atoms. The number of hydrogen-bond acceptors (Lipinski definition) is 2. The van der Waals surface area contributed by atoms with Crippen molar-refractivity contribution in [3.63, 3.8) is 0 Å². The van der Waals surface area contributed by atoms with Gasteiger partial charge in [-0.1, -0.05) is 19.1 Å². The molecule has 82 valence electrons. The molecule has 0 aromatic carbocycles. The molecule has 0 aliphatic heterocycles. The van der Waals surface area contributed by atoms with Gasteiger partial charge in [-0.2, -0.15) is 0 Å². The second-order valence-electron chi connectivity index (χ2n) is 4.02. The van der Waals surface area contributed by atoms with Gasteiger partial charge in [0.25, 0.3) is 0 Å². The molecule has 14 heavy (non-hydrogen) atoms. The van der Waals surface area contributed by atoms with E-state index < -0.39 is 0 Å². The fraction of sp³-hybridized carbons (Fsp3) is 0.750. The van der Waals surface area contributed by atoms with E-state index in [4.69, 9.17) is 4.74 Å². The standard InChI is InChI=1S/C12H23NO/c1-9(2)11(4)12(5)14-10(3)7-8-13-6/h10-12H,1,6-8H2,2-5H3/t10-,11-,12-/m1/s1. The largest absolute Gasteiger partial charge is 0.375 e. The van der Waals surface area contributed by atoms with E-state index in [1.807, 2.05) is 6.92 Å². The van der Waals surface area contributed by atoms with Gasteiger partial charge in [0.2, 0.25) is 0 Å². The predicted octanol–water partition coefficient (Wildman–Crippen LogP) is 3.08. The Labute approximate surface area is 88.1 Å². The van der Waals surface area contributed by atoms with Crippen LogP contribution in [0.1, 0.15) is 34.1 Å². The first kappa shape index (κ1) is 13.4. The van der Waals surface area contributed by atoms with Crippen molar-refractivity contribution in [2.45, 2.75) is 46.3 Å². The van der Waals surface area contributed by atoms with Crippen LogP contribution in [0.25, 0.3) is 0 Å². The molecular formula is C12H23NO. The van der Waals surface area contributed by atoms with Crippen molar-refractivity contribution in [1.82, 2.24) is 0 Å². The molecule has 3 atom stereocenters. The zero-order valence-corrected chi connectivity index (χ0v) is 9.92. The summed E-state index contributed by atoms with van der Waals surface area (Å²) in [6.07, 6.45) is 1.42. The maximum Gasteiger partial charge on any atom is 0.0612 e. The molecule has 0 aromatic rings. The van der Waals surface area contributed by atoms with Crippen molar-refractivity contribution >= 4 is 6.72 Å². The SMILES string of the molecule is C=NCC[C@@H](C)O[C@H](C)[C@H](C)C(=C)C. The maximum atomic E-state index is 5.83. The lowest BCUT2D eigenvalue weighted by Crippen LogP contribution is -2.24. The van der Waals surface area contributed by atoms with Crippen LogP contribution in [-0.2, 0) is 4.74 Å². The highest BCUT2D eigenvalue weighted by Crippen LogP contribution is 2.17. The summed E-state index contributed by atoms with van der Waals surface area (Å²) in [5, 5.41) is 0. The van der Waals surface area contributed by atoms with Crippen LogP contribution < -0.4 is 0 Å². The lowest BCUT2D eigenvalue weighted by atomic mass is 9.99. The third-order valence-electron chi connectivity index (χ3n) is 2.62. The van der Waals surface area contributed by atoms with Gasteiger partial charge in [-0.15, -0.1) is 0 Å². The quantitative estimate of drug-likeness (QED) is 0.454. The van der Waals surface area contributed by atoms with E-state index in [-0.39, 0.29) is 12.2 Å². The molecule has 0 saturated carbocycles. The second-order valence-corrected chi connectivity index (χ2v) is 4.02. The van der Waals surface area contributed by atoms with Gasteiger partial charge in [0.1, 0.15) is 0 Å². The van der Waals surface area contributed by atoms with E-state index in [0.29, 0.717) is 5.92 Å². The number of hydrogen-bond donors (Lipinski definition) is 0. The summed E-state index contributed by atoms with van der Waals surface area (Å²) >= 11 is 0. The third-order valence-corrected chi connectivity index (χ3v) is 2.62. The molecule has 0 N–H and O–H groups in total. The van der Waals surface area contributed by atoms with Gasteiger partial charge < -0.3 is 9.73 Å². The molecule has 0 radical (unpaired) electrons. The minimum atomic E-state index is 0.229. The Bertz CT molecular complexity index is 189. The summed E-state index contributed by atoms with van der Waals surface area (Å²) in [5.41, 5.74) is 1.17. The van der Waals surface area contributed by atoms with Crippen LogP contribution >= 0.6 is 0 Å². The first-order chi connectivity index (χ1) is 6.49. The van der Waals surface area contributed by atoms with Crippen LogP contribution in [0, 0.1) is 5.92 Å². The van der Waals surface area contributed by atoms with Gasteiger partial charge in [-0.3, -0.25) is 0 Å². The van der Waals surface area contributed by atoms with Crippen LogP contribution in [-0.4, -0.2) is 25.5 Å². The number of aliphatic imine (C=N–C) groups is 1. The number of ether oxygens (including phenoxy) is 1. The van der Waals surface area contributed by atoms with E-state index >= 15 is 0 Å². The highest BCUT2D eigenvalue weighted by Gasteiger charge is 2.15. The fourth-order valence-corrected chi connectivity index (χ4v) is 1.23. The van der Waals surface area contributed by atoms with Crippen molar-refractivity contribution in [1.29, 1.82) is 0 Å². The zero-order chi connectivity index (χ0) is 11.1. The second kappa shape index (κ2) is 6.77. The highest BCUT2D eigenvalue weighted by molar-refractivity contribution is 5.23. The molecule has 0 saturated heterocycles. The normalized spacial score (nSPS) is 17.1. The van der Waals surface area contributed by atoms with Crippen LogP contribution in [0.2, 0.25) is 0 Å². The molecule has 0 rings (SSSR count). The summed E-state index contributed by atoms with van der Waals surface area (Å²) in [5.74, 6) is 0.411. The molecule has 0 amide bonds. The molecule has 0 fully saturated rings. The molecule has 0 bridgehead atoms. The smallest absolute Gasteiger partial charge is 0.0612 e. The van der Waals surface area contributed by atoms with Crippen molar-refractivity contribution in [2.24, 2.45) is 10.9 Å². The molecule has 2 nitrogen and oxygen atoms in total. The molecular weight excluding hydrogens is 174 g/mol. The van der Waals surface area contributed by atoms with Crippen LogP contribution in [0.5, 0.6) is 0 Å². The Kier molecular flexibility index (Phi) is 6.46. The van der Waals surface area contributed by atoms with Crippen LogP contribution in [0.15, 0.2) is 17.1 Å². The summed E-state index contributed by atoms with van der Waals surface area (Å²) < 4.78 is 5.83. The summed E-state index contributed by atoms with van der Waals surface area (Å²) in [7, 11) is 0. The number of nitrogens with zero attached hydrogens (tertiary/aromatic N) is 1. The first-order valence-corrected chi connectivity index (χ1v) is 5.22. The summed E-state index contributed by atoms with van der Waals surface area (Å²) in [6, 6.07) is 0. The van der Waals surface area contributed by atoms with Gasteiger partial charge in [0.05, 0.1) is 12.2 Å². The van der Waals surface area contributed by atoms with E-state index in [1.165, 1.54) is 5.57 Å². The molecule has 2 heteroatoms. The van der Waals surface area contributed by atoms with E-state index in [9.17, 15) is 0 Å². The Balaban J connectivity index is 3.85. The minimum absolute atomic E-state index is 0.229. The Morgan fingerprint density at radius 2 is 1.93 bits per heavy atom. The van der Waals surface area contributed by atoms with E-state index in [1.54, 1.807) is 0 Å². The lowest BCUT2D eigenvalue weighted by Gasteiger charge is -2.24. The topological polar surface area (TPSA) is 21.6 Å². The van der Waals surface area contributed by atoms with Gasteiger partial charge in [-0.25, -0.2) is 0 Å².